The molecular formula is C21H18F3N3O3. The molecule has 30 heavy (non-hydrogen) atoms. The highest BCUT2D eigenvalue weighted by Crippen LogP contribution is 2.29. The second-order valence-electron chi connectivity index (χ2n) is 7.19. The molecule has 0 unspecified atom stereocenters. The molecule has 0 bridgehead atoms. The Hall–Kier alpha value is -3.20. The zero-order valence-electron chi connectivity index (χ0n) is 15.8. The highest BCUT2D eigenvalue weighted by atomic mass is 19.4. The first-order chi connectivity index (χ1) is 14.2. The van der Waals surface area contributed by atoms with Gasteiger partial charge in [0.2, 0.25) is 0 Å². The van der Waals surface area contributed by atoms with E-state index in [2.05, 4.69) is 4.98 Å². The molecule has 0 aliphatic carbocycles. The Kier molecular flexibility index (Phi) is 5.07. The van der Waals surface area contributed by atoms with E-state index in [0.717, 1.165) is 4.40 Å². The highest BCUT2D eigenvalue weighted by molar-refractivity contribution is 5.95. The van der Waals surface area contributed by atoms with Gasteiger partial charge in [0.1, 0.15) is 5.65 Å². The lowest BCUT2D eigenvalue weighted by Crippen LogP contribution is -2.40. The minimum absolute atomic E-state index is 0.110. The number of benzene rings is 1. The first kappa shape index (κ1) is 20.1. The molecule has 156 valence electrons. The van der Waals surface area contributed by atoms with Crippen LogP contribution in [0.15, 0.2) is 53.5 Å². The summed E-state index contributed by atoms with van der Waals surface area (Å²) in [6.45, 7) is 0.941. The van der Waals surface area contributed by atoms with Crippen LogP contribution < -0.4 is 5.56 Å². The Morgan fingerprint density at radius 3 is 2.40 bits per heavy atom. The number of nitrogens with zero attached hydrogens (tertiary/aromatic N) is 3. The maximum atomic E-state index is 13.1. The summed E-state index contributed by atoms with van der Waals surface area (Å²) >= 11 is 0. The zero-order valence-corrected chi connectivity index (χ0v) is 15.8. The van der Waals surface area contributed by atoms with Crippen LogP contribution in [0, 0.1) is 0 Å². The number of rotatable bonds is 2. The number of alkyl halides is 3. The standard InChI is InChI=1S/C21H18F3N3O3/c22-21(23,24)17-12-18(29)27-9-1-2-16(19(27)25-17)13-3-5-14(6-4-13)20(30)26-10-7-15(28)8-11-26/h1-6,9,12,15,28H,7-8,10-11H2. The van der Waals surface area contributed by atoms with Crippen LogP contribution in [0.5, 0.6) is 0 Å². The fraction of sp³-hybridized carbons (Fsp3) is 0.286. The fourth-order valence-electron chi connectivity index (χ4n) is 3.54. The molecule has 2 aromatic heterocycles. The molecule has 0 atom stereocenters. The van der Waals surface area contributed by atoms with Crippen molar-refractivity contribution in [3.63, 3.8) is 0 Å². The Bertz CT molecular complexity index is 1150. The van der Waals surface area contributed by atoms with E-state index in [1.165, 1.54) is 6.20 Å². The van der Waals surface area contributed by atoms with E-state index in [0.29, 0.717) is 48.7 Å². The molecule has 1 aromatic carbocycles. The topological polar surface area (TPSA) is 74.9 Å². The largest absolute Gasteiger partial charge is 0.433 e. The smallest absolute Gasteiger partial charge is 0.393 e. The van der Waals surface area contributed by atoms with Crippen LogP contribution in [0.4, 0.5) is 13.2 Å². The van der Waals surface area contributed by atoms with Crippen molar-refractivity contribution in [2.75, 3.05) is 13.1 Å². The number of piperidine rings is 1. The van der Waals surface area contributed by atoms with Gasteiger partial charge in [-0.15, -0.1) is 0 Å². The van der Waals surface area contributed by atoms with Crippen molar-refractivity contribution in [3.05, 3.63) is 70.3 Å². The maximum Gasteiger partial charge on any atom is 0.433 e. The molecule has 1 amide bonds. The van der Waals surface area contributed by atoms with Crippen molar-refractivity contribution in [3.8, 4) is 11.1 Å². The van der Waals surface area contributed by atoms with Crippen LogP contribution in [0.3, 0.4) is 0 Å². The van der Waals surface area contributed by atoms with Gasteiger partial charge in [-0.25, -0.2) is 4.98 Å². The molecule has 9 heteroatoms. The summed E-state index contributed by atoms with van der Waals surface area (Å²) in [5.74, 6) is -0.167. The lowest BCUT2D eigenvalue weighted by Gasteiger charge is -2.29. The molecule has 0 spiro atoms. The van der Waals surface area contributed by atoms with Gasteiger partial charge in [0.05, 0.1) is 6.10 Å². The monoisotopic (exact) mass is 417 g/mol. The van der Waals surface area contributed by atoms with Crippen LogP contribution in [-0.4, -0.2) is 44.5 Å². The van der Waals surface area contributed by atoms with Crippen molar-refractivity contribution < 1.29 is 23.1 Å². The number of aromatic nitrogens is 2. The minimum atomic E-state index is -4.74. The van der Waals surface area contributed by atoms with Crippen LogP contribution in [-0.2, 0) is 6.18 Å². The SMILES string of the molecule is O=C(c1ccc(-c2cccn3c(=O)cc(C(F)(F)F)nc23)cc1)N1CCC(O)CC1. The maximum absolute atomic E-state index is 13.1. The molecule has 6 nitrogen and oxygen atoms in total. The van der Waals surface area contributed by atoms with Crippen LogP contribution in [0.25, 0.3) is 16.8 Å². The molecular weight excluding hydrogens is 399 g/mol. The zero-order chi connectivity index (χ0) is 21.5. The van der Waals surface area contributed by atoms with E-state index in [9.17, 15) is 27.9 Å². The Labute approximate surface area is 169 Å². The third kappa shape index (κ3) is 3.80. The molecule has 1 aliphatic heterocycles. The number of aliphatic hydroxyl groups excluding tert-OH is 1. The van der Waals surface area contributed by atoms with Crippen molar-refractivity contribution in [2.24, 2.45) is 0 Å². The molecule has 4 rings (SSSR count). The number of carbonyl (C=O) groups excluding carboxylic acids is 1. The van der Waals surface area contributed by atoms with E-state index in [1.54, 1.807) is 41.3 Å². The average Bonchev–Trinajstić information content (AvgIpc) is 2.73. The summed E-state index contributed by atoms with van der Waals surface area (Å²) in [6, 6.07) is 10.0. The summed E-state index contributed by atoms with van der Waals surface area (Å²) in [5, 5.41) is 9.58. The predicted molar refractivity (Wildman–Crippen MR) is 103 cm³/mol. The molecule has 0 radical (unpaired) electrons. The number of hydrogen-bond acceptors (Lipinski definition) is 4. The van der Waals surface area contributed by atoms with Crippen LogP contribution in [0.1, 0.15) is 28.9 Å². The Balaban J connectivity index is 1.70. The van der Waals surface area contributed by atoms with Crippen LogP contribution >= 0.6 is 0 Å². The summed E-state index contributed by atoms with van der Waals surface area (Å²) in [6.07, 6.45) is -2.71. The third-order valence-corrected chi connectivity index (χ3v) is 5.18. The fourth-order valence-corrected chi connectivity index (χ4v) is 3.54. The van der Waals surface area contributed by atoms with Gasteiger partial charge in [0, 0.05) is 36.5 Å². The number of halogens is 3. The molecule has 3 aromatic rings. The summed E-state index contributed by atoms with van der Waals surface area (Å²) < 4.78 is 40.4. The first-order valence-electron chi connectivity index (χ1n) is 9.41. The van der Waals surface area contributed by atoms with E-state index >= 15 is 0 Å². The van der Waals surface area contributed by atoms with E-state index in [4.69, 9.17) is 0 Å². The van der Waals surface area contributed by atoms with E-state index < -0.39 is 17.4 Å². The number of fused-ring (bicyclic) bond motifs is 1. The van der Waals surface area contributed by atoms with Gasteiger partial charge in [-0.05, 0) is 42.7 Å². The molecule has 0 saturated carbocycles. The molecule has 1 fully saturated rings. The number of hydrogen-bond donors (Lipinski definition) is 1. The quantitative estimate of drug-likeness (QED) is 0.696. The number of aliphatic hydroxyl groups is 1. The average molecular weight is 417 g/mol. The van der Waals surface area contributed by atoms with E-state index in [-0.39, 0.29) is 17.7 Å². The normalized spacial score (nSPS) is 15.5. The Morgan fingerprint density at radius 1 is 1.10 bits per heavy atom. The first-order valence-corrected chi connectivity index (χ1v) is 9.41. The number of likely N-dealkylation sites (tertiary alicyclic amines) is 1. The Morgan fingerprint density at radius 2 is 1.77 bits per heavy atom. The van der Waals surface area contributed by atoms with Crippen LogP contribution in [0.2, 0.25) is 0 Å². The van der Waals surface area contributed by atoms with Crippen molar-refractivity contribution >= 4 is 11.6 Å². The highest BCUT2D eigenvalue weighted by Gasteiger charge is 2.33. The van der Waals surface area contributed by atoms with Gasteiger partial charge in [0.15, 0.2) is 5.69 Å². The van der Waals surface area contributed by atoms with E-state index in [1.807, 2.05) is 0 Å². The second kappa shape index (κ2) is 7.56. The lowest BCUT2D eigenvalue weighted by atomic mass is 10.0. The van der Waals surface area contributed by atoms with Gasteiger partial charge in [-0.2, -0.15) is 13.2 Å². The number of amides is 1. The molecule has 1 saturated heterocycles. The lowest BCUT2D eigenvalue weighted by molar-refractivity contribution is -0.141. The van der Waals surface area contributed by atoms with Gasteiger partial charge in [-0.1, -0.05) is 12.1 Å². The second-order valence-corrected chi connectivity index (χ2v) is 7.19. The van der Waals surface area contributed by atoms with Crippen molar-refractivity contribution in [1.82, 2.24) is 14.3 Å². The summed E-state index contributed by atoms with van der Waals surface area (Å²) in [5.41, 5.74) is -0.865. The molecule has 1 aliphatic rings. The van der Waals surface area contributed by atoms with Gasteiger partial charge in [-0.3, -0.25) is 14.0 Å². The van der Waals surface area contributed by atoms with Gasteiger partial charge in [0.25, 0.3) is 11.5 Å². The van der Waals surface area contributed by atoms with Gasteiger partial charge >= 0.3 is 6.18 Å². The van der Waals surface area contributed by atoms with Gasteiger partial charge < -0.3 is 10.0 Å². The predicted octanol–water partition coefficient (Wildman–Crippen LogP) is 2.98. The summed E-state index contributed by atoms with van der Waals surface area (Å²) in [4.78, 5) is 30.1. The molecule has 1 N–H and O–H groups in total. The summed E-state index contributed by atoms with van der Waals surface area (Å²) in [7, 11) is 0. The van der Waals surface area contributed by atoms with Crippen molar-refractivity contribution in [1.29, 1.82) is 0 Å². The number of pyridine rings is 1. The third-order valence-electron chi connectivity index (χ3n) is 5.18. The van der Waals surface area contributed by atoms with Crippen molar-refractivity contribution in [2.45, 2.75) is 25.1 Å². The minimum Gasteiger partial charge on any atom is -0.393 e. The molecule has 3 heterocycles. The number of carbonyl (C=O) groups is 1.